The summed E-state index contributed by atoms with van der Waals surface area (Å²) in [7, 11) is 0. The second-order valence-corrected chi connectivity index (χ2v) is 8.60. The number of hydrogen-bond donors (Lipinski definition) is 1. The van der Waals surface area contributed by atoms with Crippen LogP contribution < -0.4 is 4.74 Å². The van der Waals surface area contributed by atoms with Crippen molar-refractivity contribution in [3.8, 4) is 5.75 Å². The SMILES string of the molecule is CCOC(=O)C1=CN(C(=O)c2ccc(F)cc2)CCc2c1[nH]c1ccc(OC(=O)c3ccc(F)cc3)cc21. The second-order valence-electron chi connectivity index (χ2n) is 8.60. The molecule has 5 rings (SSSR count). The Labute approximate surface area is 216 Å². The molecule has 1 aromatic heterocycles. The third-order valence-electron chi connectivity index (χ3n) is 6.17. The molecule has 9 heteroatoms. The highest BCUT2D eigenvalue weighted by atomic mass is 19.1. The highest BCUT2D eigenvalue weighted by Gasteiger charge is 2.28. The van der Waals surface area contributed by atoms with Gasteiger partial charge < -0.3 is 19.4 Å². The number of benzene rings is 3. The maximum Gasteiger partial charge on any atom is 0.343 e. The minimum atomic E-state index is -0.644. The Balaban J connectivity index is 1.50. The third-order valence-corrected chi connectivity index (χ3v) is 6.17. The molecule has 1 aliphatic heterocycles. The van der Waals surface area contributed by atoms with Crippen LogP contribution in [-0.2, 0) is 16.0 Å². The molecule has 0 saturated heterocycles. The summed E-state index contributed by atoms with van der Waals surface area (Å²) in [6.45, 7) is 2.06. The average Bonchev–Trinajstić information content (AvgIpc) is 3.15. The van der Waals surface area contributed by atoms with E-state index in [2.05, 4.69) is 4.98 Å². The number of hydrogen-bond acceptors (Lipinski definition) is 5. The van der Waals surface area contributed by atoms with E-state index in [9.17, 15) is 23.2 Å². The van der Waals surface area contributed by atoms with Gasteiger partial charge in [-0.05, 0) is 85.6 Å². The fraction of sp³-hybridized carbons (Fsp3) is 0.138. The molecule has 0 spiro atoms. The number of carbonyl (C=O) groups is 3. The smallest absolute Gasteiger partial charge is 0.343 e. The molecule has 0 bridgehead atoms. The predicted molar refractivity (Wildman–Crippen MR) is 135 cm³/mol. The molecule has 2 heterocycles. The number of H-pyrrole nitrogens is 1. The number of carbonyl (C=O) groups excluding carboxylic acids is 3. The highest BCUT2D eigenvalue weighted by Crippen LogP contribution is 2.34. The summed E-state index contributed by atoms with van der Waals surface area (Å²) in [5, 5.41) is 0.704. The van der Waals surface area contributed by atoms with Crippen molar-refractivity contribution in [2.24, 2.45) is 0 Å². The first-order valence-electron chi connectivity index (χ1n) is 11.9. The summed E-state index contributed by atoms with van der Waals surface area (Å²) in [6, 6.07) is 15.2. The van der Waals surface area contributed by atoms with Crippen LogP contribution in [0.15, 0.2) is 72.9 Å². The Hall–Kier alpha value is -4.79. The number of aromatic amines is 1. The first-order valence-corrected chi connectivity index (χ1v) is 11.9. The number of ether oxygens (including phenoxy) is 2. The van der Waals surface area contributed by atoms with Crippen molar-refractivity contribution in [2.75, 3.05) is 13.2 Å². The van der Waals surface area contributed by atoms with Gasteiger partial charge >= 0.3 is 11.9 Å². The van der Waals surface area contributed by atoms with Crippen molar-refractivity contribution in [3.63, 3.8) is 0 Å². The molecule has 7 nitrogen and oxygen atoms in total. The zero-order chi connectivity index (χ0) is 26.8. The summed E-state index contributed by atoms with van der Waals surface area (Å²) in [5.74, 6) is -2.31. The van der Waals surface area contributed by atoms with E-state index in [0.717, 1.165) is 5.56 Å². The molecule has 0 unspecified atom stereocenters. The van der Waals surface area contributed by atoms with Gasteiger partial charge in [0.1, 0.15) is 17.4 Å². The van der Waals surface area contributed by atoms with Crippen molar-refractivity contribution in [1.29, 1.82) is 0 Å². The summed E-state index contributed by atoms with van der Waals surface area (Å²) < 4.78 is 37.3. The van der Waals surface area contributed by atoms with Gasteiger partial charge in [0, 0.05) is 29.2 Å². The molecule has 0 saturated carbocycles. The molecule has 38 heavy (non-hydrogen) atoms. The number of amides is 1. The maximum absolute atomic E-state index is 13.4. The summed E-state index contributed by atoms with van der Waals surface area (Å²) in [6.07, 6.45) is 1.82. The Morgan fingerprint density at radius 1 is 0.895 bits per heavy atom. The van der Waals surface area contributed by atoms with Crippen molar-refractivity contribution in [1.82, 2.24) is 9.88 Å². The lowest BCUT2D eigenvalue weighted by Gasteiger charge is -2.18. The maximum atomic E-state index is 13.4. The van der Waals surface area contributed by atoms with E-state index in [0.29, 0.717) is 23.0 Å². The third kappa shape index (κ3) is 4.90. The molecule has 1 amide bonds. The van der Waals surface area contributed by atoms with Gasteiger partial charge in [0.25, 0.3) is 5.91 Å². The molecule has 0 atom stereocenters. The van der Waals surface area contributed by atoms with Crippen LogP contribution in [0.25, 0.3) is 16.5 Å². The molecule has 1 N–H and O–H groups in total. The summed E-state index contributed by atoms with van der Waals surface area (Å²) in [4.78, 5) is 43.3. The molecule has 0 fully saturated rings. The van der Waals surface area contributed by atoms with E-state index in [1.807, 2.05) is 0 Å². The van der Waals surface area contributed by atoms with Gasteiger partial charge in [-0.15, -0.1) is 0 Å². The van der Waals surface area contributed by atoms with Crippen LogP contribution in [0.4, 0.5) is 8.78 Å². The van der Waals surface area contributed by atoms with E-state index in [1.54, 1.807) is 25.1 Å². The quantitative estimate of drug-likeness (QED) is 0.289. The zero-order valence-corrected chi connectivity index (χ0v) is 20.3. The van der Waals surface area contributed by atoms with Gasteiger partial charge in [-0.3, -0.25) is 4.79 Å². The van der Waals surface area contributed by atoms with Crippen LogP contribution >= 0.6 is 0 Å². The molecule has 0 aliphatic carbocycles. The Morgan fingerprint density at radius 2 is 1.55 bits per heavy atom. The number of fused-ring (bicyclic) bond motifs is 3. The molecule has 1 aliphatic rings. The summed E-state index contributed by atoms with van der Waals surface area (Å²) >= 11 is 0. The number of nitrogens with one attached hydrogen (secondary N) is 1. The predicted octanol–water partition coefficient (Wildman–Crippen LogP) is 5.27. The second kappa shape index (κ2) is 10.3. The van der Waals surface area contributed by atoms with E-state index >= 15 is 0 Å². The molecule has 3 aromatic carbocycles. The zero-order valence-electron chi connectivity index (χ0n) is 20.3. The molecular formula is C29H22F2N2O5. The summed E-state index contributed by atoms with van der Waals surface area (Å²) in [5.41, 5.74) is 2.57. The lowest BCUT2D eigenvalue weighted by atomic mass is 10.0. The minimum Gasteiger partial charge on any atom is -0.462 e. The van der Waals surface area contributed by atoms with Crippen molar-refractivity contribution in [2.45, 2.75) is 13.3 Å². The number of esters is 2. The van der Waals surface area contributed by atoms with Gasteiger partial charge in [-0.25, -0.2) is 18.4 Å². The van der Waals surface area contributed by atoms with Gasteiger partial charge in [0.15, 0.2) is 0 Å². The normalized spacial score (nSPS) is 12.9. The van der Waals surface area contributed by atoms with E-state index < -0.39 is 29.5 Å². The highest BCUT2D eigenvalue weighted by molar-refractivity contribution is 6.18. The average molecular weight is 517 g/mol. The first-order chi connectivity index (χ1) is 18.3. The van der Waals surface area contributed by atoms with Gasteiger partial charge in [-0.2, -0.15) is 0 Å². The van der Waals surface area contributed by atoms with Crippen LogP contribution in [0.1, 0.15) is 38.9 Å². The van der Waals surface area contributed by atoms with Crippen LogP contribution in [0.5, 0.6) is 5.75 Å². The topological polar surface area (TPSA) is 88.7 Å². The van der Waals surface area contributed by atoms with E-state index in [4.69, 9.17) is 9.47 Å². The number of aromatic nitrogens is 1. The number of nitrogens with zero attached hydrogens (tertiary/aromatic N) is 1. The monoisotopic (exact) mass is 516 g/mol. The standard InChI is InChI=1S/C29H22F2N2O5/c1-2-37-29(36)24-16-33(27(34)17-3-7-19(30)8-4-17)14-13-22-23-15-21(11-12-25(23)32-26(22)24)38-28(35)18-5-9-20(31)10-6-18/h3-12,15-16,32H,2,13-14H2,1H3. The lowest BCUT2D eigenvalue weighted by molar-refractivity contribution is -0.136. The van der Waals surface area contributed by atoms with Gasteiger partial charge in [-0.1, -0.05) is 0 Å². The number of rotatable bonds is 5. The van der Waals surface area contributed by atoms with Crippen molar-refractivity contribution in [3.05, 3.63) is 107 Å². The largest absolute Gasteiger partial charge is 0.462 e. The van der Waals surface area contributed by atoms with E-state index in [1.165, 1.54) is 59.6 Å². The van der Waals surface area contributed by atoms with Crippen molar-refractivity contribution >= 4 is 34.3 Å². The minimum absolute atomic E-state index is 0.140. The van der Waals surface area contributed by atoms with Crippen LogP contribution in [0, 0.1) is 11.6 Å². The van der Waals surface area contributed by atoms with Gasteiger partial charge in [0.05, 0.1) is 23.4 Å². The Kier molecular flexibility index (Phi) is 6.74. The molecule has 192 valence electrons. The molecular weight excluding hydrogens is 494 g/mol. The Morgan fingerprint density at radius 3 is 2.21 bits per heavy atom. The molecule has 0 radical (unpaired) electrons. The number of halogens is 2. The van der Waals surface area contributed by atoms with Crippen LogP contribution in [0.2, 0.25) is 0 Å². The first kappa shape index (κ1) is 24.9. The van der Waals surface area contributed by atoms with E-state index in [-0.39, 0.29) is 35.6 Å². The lowest BCUT2D eigenvalue weighted by Crippen LogP contribution is -2.28. The van der Waals surface area contributed by atoms with Gasteiger partial charge in [0.2, 0.25) is 0 Å². The van der Waals surface area contributed by atoms with Crippen LogP contribution in [-0.4, -0.2) is 40.9 Å². The Bertz CT molecular complexity index is 1570. The fourth-order valence-corrected chi connectivity index (χ4v) is 4.33. The van der Waals surface area contributed by atoms with Crippen LogP contribution in [0.3, 0.4) is 0 Å². The molecule has 4 aromatic rings. The fourth-order valence-electron chi connectivity index (χ4n) is 4.33. The van der Waals surface area contributed by atoms with Crippen molar-refractivity contribution < 1.29 is 32.6 Å².